The lowest BCUT2D eigenvalue weighted by Gasteiger charge is -2.10. The van der Waals surface area contributed by atoms with E-state index in [1.165, 1.54) is 0 Å². The predicted molar refractivity (Wildman–Crippen MR) is 95.8 cm³/mol. The number of anilines is 1. The molecule has 0 saturated carbocycles. The molecular formula is C18H19ClN2O4. The van der Waals surface area contributed by atoms with Crippen LogP contribution in [0.1, 0.15) is 15.9 Å². The number of hydrogen-bond acceptors (Lipinski definition) is 5. The molecule has 0 bridgehead atoms. The molecule has 0 unspecified atom stereocenters. The zero-order valence-electron chi connectivity index (χ0n) is 13.8. The van der Waals surface area contributed by atoms with Gasteiger partial charge in [0.1, 0.15) is 12.4 Å². The zero-order chi connectivity index (χ0) is 18.2. The molecule has 0 aliphatic rings. The molecule has 132 valence electrons. The quantitative estimate of drug-likeness (QED) is 0.449. The van der Waals surface area contributed by atoms with Crippen LogP contribution in [0, 0.1) is 6.92 Å². The molecule has 0 aromatic heterocycles. The molecule has 3 N–H and O–H groups in total. The number of halogens is 1. The fourth-order valence-electron chi connectivity index (χ4n) is 2.01. The monoisotopic (exact) mass is 362 g/mol. The maximum atomic E-state index is 11.9. The highest BCUT2D eigenvalue weighted by Crippen LogP contribution is 2.17. The van der Waals surface area contributed by atoms with E-state index in [1.54, 1.807) is 49.4 Å². The highest BCUT2D eigenvalue weighted by molar-refractivity contribution is 6.30. The van der Waals surface area contributed by atoms with Crippen LogP contribution in [0.25, 0.3) is 0 Å². The molecule has 0 saturated heterocycles. The van der Waals surface area contributed by atoms with E-state index >= 15 is 0 Å². The van der Waals surface area contributed by atoms with Crippen molar-refractivity contribution in [3.63, 3.8) is 0 Å². The van der Waals surface area contributed by atoms with Crippen LogP contribution in [0.2, 0.25) is 5.02 Å². The lowest BCUT2D eigenvalue weighted by atomic mass is 10.1. The number of nitrogens with two attached hydrogens (primary N) is 1. The first-order valence-corrected chi connectivity index (χ1v) is 8.02. The van der Waals surface area contributed by atoms with Crippen LogP contribution in [0.4, 0.5) is 5.69 Å². The molecule has 0 fully saturated rings. The summed E-state index contributed by atoms with van der Waals surface area (Å²) in [7, 11) is 0. The van der Waals surface area contributed by atoms with Crippen LogP contribution in [-0.2, 0) is 9.53 Å². The smallest absolute Gasteiger partial charge is 0.340 e. The number of amides is 1. The Morgan fingerprint density at radius 1 is 1.16 bits per heavy atom. The summed E-state index contributed by atoms with van der Waals surface area (Å²) in [4.78, 5) is 23.6. The molecule has 2 aromatic carbocycles. The minimum Gasteiger partial charge on any atom is -0.492 e. The number of ether oxygens (including phenoxy) is 2. The molecule has 1 amide bonds. The molecule has 0 radical (unpaired) electrons. The first-order valence-electron chi connectivity index (χ1n) is 7.64. The van der Waals surface area contributed by atoms with Crippen LogP contribution in [0.15, 0.2) is 42.5 Å². The molecule has 7 heteroatoms. The number of para-hydroxylation sites is 1. The fraction of sp³-hybridized carbons (Fsp3) is 0.222. The van der Waals surface area contributed by atoms with Gasteiger partial charge in [0.25, 0.3) is 5.91 Å². The Labute approximate surface area is 150 Å². The van der Waals surface area contributed by atoms with Gasteiger partial charge in [-0.2, -0.15) is 0 Å². The number of aryl methyl sites for hydroxylation is 1. The van der Waals surface area contributed by atoms with Crippen LogP contribution < -0.4 is 15.8 Å². The summed E-state index contributed by atoms with van der Waals surface area (Å²) in [5.41, 5.74) is 7.20. The molecular weight excluding hydrogens is 344 g/mol. The van der Waals surface area contributed by atoms with Crippen molar-refractivity contribution in [2.75, 3.05) is 25.5 Å². The minimum atomic E-state index is -0.631. The van der Waals surface area contributed by atoms with E-state index in [0.717, 1.165) is 5.56 Å². The maximum Gasteiger partial charge on any atom is 0.340 e. The van der Waals surface area contributed by atoms with E-state index < -0.39 is 11.9 Å². The van der Waals surface area contributed by atoms with Gasteiger partial charge in [-0.15, -0.1) is 0 Å². The van der Waals surface area contributed by atoms with Crippen molar-refractivity contribution in [3.8, 4) is 5.75 Å². The molecule has 0 heterocycles. The first-order chi connectivity index (χ1) is 12.0. The van der Waals surface area contributed by atoms with Gasteiger partial charge in [-0.05, 0) is 42.8 Å². The van der Waals surface area contributed by atoms with Gasteiger partial charge >= 0.3 is 5.97 Å². The van der Waals surface area contributed by atoms with Crippen molar-refractivity contribution in [3.05, 3.63) is 58.6 Å². The number of carbonyl (C=O) groups is 2. The summed E-state index contributed by atoms with van der Waals surface area (Å²) in [6, 6.07) is 12.0. The molecule has 2 aromatic rings. The largest absolute Gasteiger partial charge is 0.492 e. The van der Waals surface area contributed by atoms with Gasteiger partial charge in [0.05, 0.1) is 12.1 Å². The van der Waals surface area contributed by atoms with Crippen molar-refractivity contribution in [2.45, 2.75) is 6.92 Å². The topological polar surface area (TPSA) is 90.7 Å². The number of esters is 1. The molecule has 0 aliphatic heterocycles. The van der Waals surface area contributed by atoms with Crippen LogP contribution in [0.5, 0.6) is 5.75 Å². The Balaban J connectivity index is 1.69. The number of carbonyl (C=O) groups excluding carboxylic acids is 2. The standard InChI is InChI=1S/C18H19ClN2O4/c1-12-3-2-4-15(17(12)20)18(23)25-11-16(22)21-9-10-24-14-7-5-13(19)6-8-14/h2-8H,9-11,20H2,1H3,(H,21,22). The average molecular weight is 363 g/mol. The van der Waals surface area contributed by atoms with E-state index in [-0.39, 0.29) is 25.3 Å². The molecule has 0 atom stereocenters. The Kier molecular flexibility index (Phi) is 6.65. The van der Waals surface area contributed by atoms with Gasteiger partial charge in [-0.25, -0.2) is 4.79 Å². The van der Waals surface area contributed by atoms with E-state index in [0.29, 0.717) is 16.5 Å². The van der Waals surface area contributed by atoms with Crippen molar-refractivity contribution >= 4 is 29.2 Å². The third kappa shape index (κ3) is 5.69. The molecule has 6 nitrogen and oxygen atoms in total. The highest BCUT2D eigenvalue weighted by atomic mass is 35.5. The average Bonchev–Trinajstić information content (AvgIpc) is 2.60. The Hall–Kier alpha value is -2.73. The number of rotatable bonds is 7. The zero-order valence-corrected chi connectivity index (χ0v) is 14.5. The fourth-order valence-corrected chi connectivity index (χ4v) is 2.13. The van der Waals surface area contributed by atoms with Gasteiger partial charge in [0.2, 0.25) is 0 Å². The molecule has 25 heavy (non-hydrogen) atoms. The van der Waals surface area contributed by atoms with Crippen molar-refractivity contribution < 1.29 is 19.1 Å². The van der Waals surface area contributed by atoms with Gasteiger partial charge in [0.15, 0.2) is 6.61 Å². The summed E-state index contributed by atoms with van der Waals surface area (Å²) in [6.07, 6.45) is 0. The number of benzene rings is 2. The summed E-state index contributed by atoms with van der Waals surface area (Å²) in [5, 5.41) is 3.22. The lowest BCUT2D eigenvalue weighted by molar-refractivity contribution is -0.124. The van der Waals surface area contributed by atoms with Gasteiger partial charge in [-0.3, -0.25) is 4.79 Å². The number of hydrogen-bond donors (Lipinski definition) is 2. The second-order valence-electron chi connectivity index (χ2n) is 5.26. The second kappa shape index (κ2) is 8.94. The normalized spacial score (nSPS) is 10.2. The summed E-state index contributed by atoms with van der Waals surface area (Å²) in [5.74, 6) is -0.395. The number of nitrogens with one attached hydrogen (secondary N) is 1. The SMILES string of the molecule is Cc1cccc(C(=O)OCC(=O)NCCOc2ccc(Cl)cc2)c1N. The van der Waals surface area contributed by atoms with Crippen molar-refractivity contribution in [1.82, 2.24) is 5.32 Å². The summed E-state index contributed by atoms with van der Waals surface area (Å²) < 4.78 is 10.4. The van der Waals surface area contributed by atoms with Crippen LogP contribution >= 0.6 is 11.6 Å². The maximum absolute atomic E-state index is 11.9. The van der Waals surface area contributed by atoms with Gasteiger partial charge in [-0.1, -0.05) is 23.7 Å². The summed E-state index contributed by atoms with van der Waals surface area (Å²) >= 11 is 5.78. The van der Waals surface area contributed by atoms with Crippen molar-refractivity contribution in [1.29, 1.82) is 0 Å². The second-order valence-corrected chi connectivity index (χ2v) is 5.70. The Bertz CT molecular complexity index is 747. The van der Waals surface area contributed by atoms with Crippen molar-refractivity contribution in [2.24, 2.45) is 0 Å². The van der Waals surface area contributed by atoms with Gasteiger partial charge < -0.3 is 20.5 Å². The third-order valence-corrected chi connectivity index (χ3v) is 3.64. The predicted octanol–water partition coefficient (Wildman–Crippen LogP) is 2.58. The first kappa shape index (κ1) is 18.6. The Morgan fingerprint density at radius 2 is 1.88 bits per heavy atom. The van der Waals surface area contributed by atoms with E-state index in [1.807, 2.05) is 0 Å². The molecule has 0 spiro atoms. The van der Waals surface area contributed by atoms with E-state index in [2.05, 4.69) is 5.32 Å². The van der Waals surface area contributed by atoms with E-state index in [4.69, 9.17) is 26.8 Å². The van der Waals surface area contributed by atoms with Crippen LogP contribution in [-0.4, -0.2) is 31.6 Å². The van der Waals surface area contributed by atoms with Crippen LogP contribution in [0.3, 0.4) is 0 Å². The van der Waals surface area contributed by atoms with E-state index in [9.17, 15) is 9.59 Å². The Morgan fingerprint density at radius 3 is 2.60 bits per heavy atom. The highest BCUT2D eigenvalue weighted by Gasteiger charge is 2.14. The molecule has 2 rings (SSSR count). The summed E-state index contributed by atoms with van der Waals surface area (Å²) in [6.45, 7) is 1.98. The third-order valence-electron chi connectivity index (χ3n) is 3.38. The van der Waals surface area contributed by atoms with Gasteiger partial charge in [0, 0.05) is 10.7 Å². The molecule has 0 aliphatic carbocycles. The number of nitrogen functional groups attached to an aromatic ring is 1. The minimum absolute atomic E-state index is 0.249. The lowest BCUT2D eigenvalue weighted by Crippen LogP contribution is -2.32.